The van der Waals surface area contributed by atoms with Crippen LogP contribution in [0.3, 0.4) is 0 Å². The van der Waals surface area contributed by atoms with E-state index in [-0.39, 0.29) is 26.2 Å². The van der Waals surface area contributed by atoms with Crippen molar-refractivity contribution < 1.29 is 20.3 Å². The first-order valence-corrected chi connectivity index (χ1v) is 1.38. The molecule has 1 rings (SSSR count). The number of nitrogen functional groups attached to an aromatic ring is 1. The summed E-state index contributed by atoms with van der Waals surface area (Å²) < 4.78 is 0. The minimum Gasteiger partial charge on any atom is -1.00 e. The molecule has 1 aromatic rings. The van der Waals surface area contributed by atoms with Gasteiger partial charge in [-0.3, -0.25) is 0 Å². The first kappa shape index (κ1) is 6.47. The molecule has 5 nitrogen and oxygen atoms in total. The van der Waals surface area contributed by atoms with Crippen LogP contribution < -0.4 is 24.6 Å². The molecular weight excluding hydrogens is 89.0 g/mol. The molecule has 0 aliphatic heterocycles. The third-order valence-corrected chi connectivity index (χ3v) is 0.362. The van der Waals surface area contributed by atoms with Crippen molar-refractivity contribution in [3.05, 3.63) is 0 Å². The number of hydrogen-bond donors (Lipinski definition) is 2. The van der Waals surface area contributed by atoms with Crippen LogP contribution in [0.2, 0.25) is 0 Å². The SMILES string of the molecule is Nc1nn[nH]n1.[H-].[Li+]. The Bertz CT molecular complexity index is 116. The fourth-order valence-corrected chi connectivity index (χ4v) is 0.170. The van der Waals surface area contributed by atoms with Crippen molar-refractivity contribution in [1.82, 2.24) is 20.6 Å². The van der Waals surface area contributed by atoms with Crippen LogP contribution in [-0.2, 0) is 0 Å². The molecule has 0 amide bonds. The number of aromatic amines is 1. The molecule has 0 atom stereocenters. The second-order valence-electron chi connectivity index (χ2n) is 0.770. The van der Waals surface area contributed by atoms with Gasteiger partial charge >= 0.3 is 18.9 Å². The number of nitrogens with one attached hydrogen (secondary N) is 1. The maximum absolute atomic E-state index is 4.96. The number of H-pyrrole nitrogens is 1. The van der Waals surface area contributed by atoms with Gasteiger partial charge in [-0.15, -0.1) is 5.10 Å². The number of nitrogens with zero attached hydrogens (tertiary/aromatic N) is 3. The summed E-state index contributed by atoms with van der Waals surface area (Å²) >= 11 is 0. The summed E-state index contributed by atoms with van der Waals surface area (Å²) in [7, 11) is 0. The summed E-state index contributed by atoms with van der Waals surface area (Å²) in [5.41, 5.74) is 4.96. The average Bonchev–Trinajstić information content (AvgIpc) is 1.86. The van der Waals surface area contributed by atoms with Gasteiger partial charge in [0.15, 0.2) is 0 Å². The second kappa shape index (κ2) is 2.61. The summed E-state index contributed by atoms with van der Waals surface area (Å²) in [4.78, 5) is 0. The van der Waals surface area contributed by atoms with Crippen molar-refractivity contribution >= 4 is 5.95 Å². The van der Waals surface area contributed by atoms with E-state index in [0.29, 0.717) is 0 Å². The molecular formula is CH4LiN5. The van der Waals surface area contributed by atoms with Gasteiger partial charge in [-0.1, -0.05) is 5.10 Å². The fourth-order valence-electron chi connectivity index (χ4n) is 0.170. The smallest absolute Gasteiger partial charge is 1.00 e. The summed E-state index contributed by atoms with van der Waals surface area (Å²) in [5, 5.41) is 12.0. The molecule has 0 aliphatic rings. The largest absolute Gasteiger partial charge is 1.00 e. The van der Waals surface area contributed by atoms with Gasteiger partial charge < -0.3 is 7.16 Å². The van der Waals surface area contributed by atoms with Crippen molar-refractivity contribution in [2.75, 3.05) is 5.73 Å². The van der Waals surface area contributed by atoms with Crippen LogP contribution in [0.25, 0.3) is 0 Å². The number of anilines is 1. The quantitative estimate of drug-likeness (QED) is 0.319. The monoisotopic (exact) mass is 93.1 g/mol. The zero-order valence-electron chi connectivity index (χ0n) is 4.92. The number of nitrogens with two attached hydrogens (primary N) is 1. The molecule has 0 aliphatic carbocycles. The molecule has 0 saturated carbocycles. The van der Waals surface area contributed by atoms with E-state index in [9.17, 15) is 0 Å². The van der Waals surface area contributed by atoms with Crippen molar-refractivity contribution in [2.24, 2.45) is 0 Å². The van der Waals surface area contributed by atoms with Crippen LogP contribution in [-0.4, -0.2) is 20.6 Å². The molecule has 0 bridgehead atoms. The van der Waals surface area contributed by atoms with Gasteiger partial charge in [0.1, 0.15) is 0 Å². The van der Waals surface area contributed by atoms with Crippen LogP contribution in [0, 0.1) is 0 Å². The van der Waals surface area contributed by atoms with Crippen LogP contribution in [0.5, 0.6) is 0 Å². The van der Waals surface area contributed by atoms with Gasteiger partial charge in [-0.2, -0.15) is 5.21 Å². The molecule has 1 aromatic heterocycles. The molecule has 0 fully saturated rings. The van der Waals surface area contributed by atoms with Crippen molar-refractivity contribution in [2.45, 2.75) is 0 Å². The number of aromatic nitrogens is 4. The molecule has 3 N–H and O–H groups in total. The first-order valence-electron chi connectivity index (χ1n) is 1.38. The van der Waals surface area contributed by atoms with E-state index in [2.05, 4.69) is 20.6 Å². The normalized spacial score (nSPS) is 7.43. The molecule has 34 valence electrons. The van der Waals surface area contributed by atoms with Gasteiger partial charge in [0.05, 0.1) is 0 Å². The average molecular weight is 93.0 g/mol. The molecule has 0 saturated heterocycles. The Morgan fingerprint density at radius 2 is 2.43 bits per heavy atom. The summed E-state index contributed by atoms with van der Waals surface area (Å²) in [6.45, 7) is 0. The van der Waals surface area contributed by atoms with Gasteiger partial charge in [0, 0.05) is 0 Å². The number of rotatable bonds is 0. The Labute approximate surface area is 53.3 Å². The van der Waals surface area contributed by atoms with Gasteiger partial charge in [0.25, 0.3) is 5.95 Å². The maximum Gasteiger partial charge on any atom is 1.00 e. The van der Waals surface area contributed by atoms with E-state index < -0.39 is 0 Å². The Morgan fingerprint density at radius 1 is 1.71 bits per heavy atom. The van der Waals surface area contributed by atoms with Crippen LogP contribution >= 0.6 is 0 Å². The Balaban J connectivity index is 0. The predicted octanol–water partition coefficient (Wildman–Crippen LogP) is -4.10. The van der Waals surface area contributed by atoms with E-state index in [1.807, 2.05) is 0 Å². The van der Waals surface area contributed by atoms with E-state index in [1.54, 1.807) is 0 Å². The number of tetrazole rings is 1. The topological polar surface area (TPSA) is 80.5 Å². The van der Waals surface area contributed by atoms with Gasteiger partial charge in [-0.25, -0.2) is 0 Å². The standard InChI is InChI=1S/CH3N5.Li.H/c2-1-3-5-6-4-1;;/h(H3,2,3,4,5,6);;/q;+1;-1. The zero-order valence-corrected chi connectivity index (χ0v) is 3.92. The second-order valence-corrected chi connectivity index (χ2v) is 0.770. The molecule has 0 spiro atoms. The minimum atomic E-state index is 0. The molecule has 0 radical (unpaired) electrons. The molecule has 0 aromatic carbocycles. The predicted molar refractivity (Wildman–Crippen MR) is 19.7 cm³/mol. The molecule has 7 heavy (non-hydrogen) atoms. The van der Waals surface area contributed by atoms with Gasteiger partial charge in [0.2, 0.25) is 0 Å². The summed E-state index contributed by atoms with van der Waals surface area (Å²) in [6.07, 6.45) is 0. The Morgan fingerprint density at radius 3 is 2.57 bits per heavy atom. The molecule has 6 heteroatoms. The van der Waals surface area contributed by atoms with Crippen molar-refractivity contribution in [3.8, 4) is 0 Å². The van der Waals surface area contributed by atoms with Crippen LogP contribution in [0.1, 0.15) is 1.43 Å². The van der Waals surface area contributed by atoms with Crippen LogP contribution in [0.4, 0.5) is 5.95 Å². The first-order chi connectivity index (χ1) is 2.89. The van der Waals surface area contributed by atoms with Crippen molar-refractivity contribution in [1.29, 1.82) is 0 Å². The minimum absolute atomic E-state index is 0. The summed E-state index contributed by atoms with van der Waals surface area (Å²) in [5.74, 6) is 0.176. The Hall–Kier alpha value is -0.533. The summed E-state index contributed by atoms with van der Waals surface area (Å²) in [6, 6.07) is 0. The third kappa shape index (κ3) is 1.57. The number of hydrogen-bond acceptors (Lipinski definition) is 4. The van der Waals surface area contributed by atoms with Crippen molar-refractivity contribution in [3.63, 3.8) is 0 Å². The van der Waals surface area contributed by atoms with Crippen LogP contribution in [0.15, 0.2) is 0 Å². The maximum atomic E-state index is 4.96. The van der Waals surface area contributed by atoms with Gasteiger partial charge in [-0.05, 0) is 5.21 Å². The van der Waals surface area contributed by atoms with E-state index in [4.69, 9.17) is 5.73 Å². The Kier molecular flexibility index (Phi) is 2.41. The fraction of sp³-hybridized carbons (Fsp3) is 0. The van der Waals surface area contributed by atoms with E-state index in [1.165, 1.54) is 0 Å². The molecule has 1 heterocycles. The third-order valence-electron chi connectivity index (χ3n) is 0.362. The van der Waals surface area contributed by atoms with E-state index in [0.717, 1.165) is 0 Å². The molecule has 0 unspecified atom stereocenters. The zero-order chi connectivity index (χ0) is 4.41. The van der Waals surface area contributed by atoms with E-state index >= 15 is 0 Å².